The van der Waals surface area contributed by atoms with Crippen molar-refractivity contribution in [2.24, 2.45) is 0 Å². The number of ketones is 2. The molecule has 0 saturated heterocycles. The molecular formula is C20H20Cl2N2O12S2. The van der Waals surface area contributed by atoms with Gasteiger partial charge in [-0.25, -0.2) is 0 Å². The van der Waals surface area contributed by atoms with Gasteiger partial charge in [-0.05, 0) is 12.1 Å². The Kier molecular flexibility index (Phi) is 8.50. The van der Waals surface area contributed by atoms with Gasteiger partial charge in [-0.15, -0.1) is 23.2 Å². The van der Waals surface area contributed by atoms with Crippen molar-refractivity contribution in [1.82, 2.24) is 0 Å². The van der Waals surface area contributed by atoms with E-state index in [0.29, 0.717) is 12.1 Å². The molecule has 0 heterocycles. The summed E-state index contributed by atoms with van der Waals surface area (Å²) in [6.07, 6.45) is -2.50. The van der Waals surface area contributed by atoms with Gasteiger partial charge in [0.25, 0.3) is 20.2 Å². The number of nitrogens with one attached hydrogen (secondary N) is 2. The van der Waals surface area contributed by atoms with E-state index in [0.717, 1.165) is 0 Å². The Morgan fingerprint density at radius 2 is 1.00 bits per heavy atom. The highest BCUT2D eigenvalue weighted by molar-refractivity contribution is 7.86. The van der Waals surface area contributed by atoms with E-state index in [1.54, 1.807) is 0 Å². The number of halogens is 2. The fourth-order valence-electron chi connectivity index (χ4n) is 3.70. The maximum atomic E-state index is 13.6. The van der Waals surface area contributed by atoms with Crippen molar-refractivity contribution in [2.45, 2.75) is 22.0 Å². The molecule has 208 valence electrons. The minimum Gasteiger partial charge on any atom is -0.506 e. The first-order chi connectivity index (χ1) is 17.5. The van der Waals surface area contributed by atoms with E-state index < -0.39 is 112 Å². The number of aliphatic hydroxyl groups excluding tert-OH is 2. The fourth-order valence-corrected chi connectivity index (χ4v) is 5.14. The quantitative estimate of drug-likeness (QED) is 0.0873. The number of carbonyl (C=O) groups is 2. The van der Waals surface area contributed by atoms with Crippen molar-refractivity contribution in [3.05, 3.63) is 34.4 Å². The van der Waals surface area contributed by atoms with E-state index in [1.165, 1.54) is 0 Å². The van der Waals surface area contributed by atoms with Gasteiger partial charge in [0.15, 0.2) is 0 Å². The fraction of sp³-hybridized carbons (Fsp3) is 0.300. The molecule has 0 spiro atoms. The van der Waals surface area contributed by atoms with Gasteiger partial charge >= 0.3 is 0 Å². The highest BCUT2D eigenvalue weighted by Gasteiger charge is 2.42. The number of aliphatic hydroxyl groups is 2. The summed E-state index contributed by atoms with van der Waals surface area (Å²) in [6.45, 7) is -0.833. The second-order valence-electron chi connectivity index (χ2n) is 8.03. The third-order valence-electron chi connectivity index (χ3n) is 5.41. The largest absolute Gasteiger partial charge is 0.506 e. The van der Waals surface area contributed by atoms with E-state index in [1.807, 2.05) is 0 Å². The van der Waals surface area contributed by atoms with Crippen LogP contribution in [0.25, 0.3) is 0 Å². The van der Waals surface area contributed by atoms with Crippen LogP contribution in [0.3, 0.4) is 0 Å². The molecule has 1 aliphatic carbocycles. The molecule has 0 saturated carbocycles. The van der Waals surface area contributed by atoms with Gasteiger partial charge in [0.1, 0.15) is 21.3 Å². The molecule has 0 radical (unpaired) electrons. The molecule has 0 amide bonds. The molecule has 2 unspecified atom stereocenters. The zero-order valence-electron chi connectivity index (χ0n) is 18.8. The van der Waals surface area contributed by atoms with Crippen LogP contribution in [0.5, 0.6) is 11.5 Å². The van der Waals surface area contributed by atoms with E-state index in [9.17, 15) is 56.0 Å². The molecule has 18 heteroatoms. The summed E-state index contributed by atoms with van der Waals surface area (Å²) < 4.78 is 66.9. The Labute approximate surface area is 225 Å². The monoisotopic (exact) mass is 614 g/mol. The number of hydrogen-bond acceptors (Lipinski definition) is 12. The lowest BCUT2D eigenvalue weighted by molar-refractivity contribution is 0.0974. The normalized spacial score (nSPS) is 15.0. The highest BCUT2D eigenvalue weighted by Crippen LogP contribution is 2.46. The van der Waals surface area contributed by atoms with Gasteiger partial charge in [0.05, 0.1) is 46.2 Å². The SMILES string of the molecule is O=C1c2c(NCC(O)CCl)cc(S(=O)(=O)O)c(O)c2C(=O)c2c(NCC(O)CCl)cc(S(=O)(=O)O)c(O)c21. The first-order valence-electron chi connectivity index (χ1n) is 10.3. The van der Waals surface area contributed by atoms with Crippen LogP contribution in [0.15, 0.2) is 21.9 Å². The molecule has 2 atom stereocenters. The maximum Gasteiger partial charge on any atom is 0.298 e. The molecule has 8 N–H and O–H groups in total. The summed E-state index contributed by atoms with van der Waals surface area (Å²) in [5.74, 6) is -5.90. The Balaban J connectivity index is 2.41. The Morgan fingerprint density at radius 1 is 0.684 bits per heavy atom. The topological polar surface area (TPSA) is 248 Å². The number of phenols is 2. The third-order valence-corrected chi connectivity index (χ3v) is 7.85. The second kappa shape index (κ2) is 10.8. The summed E-state index contributed by atoms with van der Waals surface area (Å²) in [7, 11) is -10.4. The van der Waals surface area contributed by atoms with Crippen molar-refractivity contribution in [1.29, 1.82) is 0 Å². The standard InChI is InChI=1S/C20H20Cl2N2O12S2/c21-3-7(25)5-23-9-1-11(37(31,32)33)17(27)15-13(9)19(29)16-14(20(15)30)10(24-6-8(26)4-22)2-12(18(16)28)38(34,35)36/h1-2,7-8,23-28H,3-6H2,(H,31,32,33)(H,34,35,36). The molecule has 14 nitrogen and oxygen atoms in total. The predicted molar refractivity (Wildman–Crippen MR) is 133 cm³/mol. The molecule has 0 fully saturated rings. The smallest absolute Gasteiger partial charge is 0.298 e. The number of benzene rings is 2. The number of anilines is 2. The van der Waals surface area contributed by atoms with Crippen molar-refractivity contribution < 1.29 is 56.0 Å². The molecule has 0 bridgehead atoms. The Bertz CT molecular complexity index is 1430. The molecule has 3 rings (SSSR count). The van der Waals surface area contributed by atoms with Crippen molar-refractivity contribution in [2.75, 3.05) is 35.5 Å². The average molecular weight is 615 g/mol. The van der Waals surface area contributed by atoms with Gasteiger partial charge in [0.2, 0.25) is 11.6 Å². The minimum absolute atomic E-state index is 0.310. The summed E-state index contributed by atoms with van der Waals surface area (Å²) in [5.41, 5.74) is -4.40. The zero-order valence-corrected chi connectivity index (χ0v) is 22.0. The highest BCUT2D eigenvalue weighted by atomic mass is 35.5. The van der Waals surface area contributed by atoms with Crippen LogP contribution >= 0.6 is 23.2 Å². The van der Waals surface area contributed by atoms with Crippen LogP contribution < -0.4 is 10.6 Å². The summed E-state index contributed by atoms with van der Waals surface area (Å²) in [6, 6.07) is 1.17. The maximum absolute atomic E-state index is 13.6. The van der Waals surface area contributed by atoms with E-state index >= 15 is 0 Å². The minimum atomic E-state index is -5.19. The predicted octanol–water partition coefficient (Wildman–Crippen LogP) is 0.390. The first kappa shape index (κ1) is 29.9. The van der Waals surface area contributed by atoms with Crippen LogP contribution in [0.1, 0.15) is 31.8 Å². The van der Waals surface area contributed by atoms with Gasteiger partial charge in [-0.2, -0.15) is 16.8 Å². The number of fused-ring (bicyclic) bond motifs is 2. The Morgan fingerprint density at radius 3 is 1.26 bits per heavy atom. The van der Waals surface area contributed by atoms with Gasteiger partial charge in [-0.1, -0.05) is 0 Å². The number of alkyl halides is 2. The lowest BCUT2D eigenvalue weighted by Crippen LogP contribution is -2.29. The number of rotatable bonds is 10. The second-order valence-corrected chi connectivity index (χ2v) is 11.4. The number of hydrogen-bond donors (Lipinski definition) is 8. The molecule has 0 aliphatic heterocycles. The number of aromatic hydroxyl groups is 2. The average Bonchev–Trinajstić information content (AvgIpc) is 2.83. The number of carbonyl (C=O) groups excluding carboxylic acids is 2. The van der Waals surface area contributed by atoms with Gasteiger partial charge in [-0.3, -0.25) is 18.7 Å². The summed E-state index contributed by atoms with van der Waals surface area (Å²) >= 11 is 11.1. The zero-order chi connectivity index (χ0) is 28.7. The van der Waals surface area contributed by atoms with Gasteiger partial charge in [0, 0.05) is 24.5 Å². The van der Waals surface area contributed by atoms with Crippen molar-refractivity contribution in [3.63, 3.8) is 0 Å². The molecular weight excluding hydrogens is 595 g/mol. The van der Waals surface area contributed by atoms with Crippen molar-refractivity contribution >= 4 is 66.4 Å². The van der Waals surface area contributed by atoms with Crippen LogP contribution in [-0.4, -0.2) is 95.0 Å². The molecule has 2 aromatic carbocycles. The molecule has 2 aromatic rings. The summed E-state index contributed by atoms with van der Waals surface area (Å²) in [5, 5.41) is 45.8. The number of phenolic OH excluding ortho intramolecular Hbond substituents is 2. The molecule has 0 aromatic heterocycles. The van der Waals surface area contributed by atoms with E-state index in [2.05, 4.69) is 10.6 Å². The third kappa shape index (κ3) is 5.52. The summed E-state index contributed by atoms with van der Waals surface area (Å²) in [4.78, 5) is 24.8. The van der Waals surface area contributed by atoms with Gasteiger partial charge < -0.3 is 31.1 Å². The van der Waals surface area contributed by atoms with Crippen LogP contribution in [0.4, 0.5) is 11.4 Å². The van der Waals surface area contributed by atoms with Crippen LogP contribution in [0.2, 0.25) is 0 Å². The lowest BCUT2D eigenvalue weighted by Gasteiger charge is -2.26. The van der Waals surface area contributed by atoms with E-state index in [4.69, 9.17) is 23.2 Å². The van der Waals surface area contributed by atoms with E-state index in [-0.39, 0.29) is 11.8 Å². The lowest BCUT2D eigenvalue weighted by atomic mass is 9.81. The Hall–Kier alpha value is -2.70. The first-order valence-corrected chi connectivity index (χ1v) is 14.3. The van der Waals surface area contributed by atoms with Crippen LogP contribution in [-0.2, 0) is 20.2 Å². The molecule has 38 heavy (non-hydrogen) atoms. The molecule has 1 aliphatic rings. The van der Waals surface area contributed by atoms with Crippen LogP contribution in [0, 0.1) is 0 Å². The van der Waals surface area contributed by atoms with Crippen molar-refractivity contribution in [3.8, 4) is 11.5 Å².